The van der Waals surface area contributed by atoms with Crippen molar-refractivity contribution in [3.8, 4) is 0 Å². The molecule has 0 amide bonds. The third-order valence-electron chi connectivity index (χ3n) is 2.76. The molecule has 0 unspecified atom stereocenters. The van der Waals surface area contributed by atoms with Crippen molar-refractivity contribution < 1.29 is 0 Å². The Balaban J connectivity index is 2.54. The first kappa shape index (κ1) is 14.5. The zero-order valence-electron chi connectivity index (χ0n) is 10.0. The molecule has 1 aromatic rings. The van der Waals surface area contributed by atoms with Crippen molar-refractivity contribution in [1.82, 2.24) is 4.98 Å². The lowest BCUT2D eigenvalue weighted by molar-refractivity contribution is 0.320. The fourth-order valence-electron chi connectivity index (χ4n) is 2.00. The minimum atomic E-state index is 0.458. The van der Waals surface area contributed by atoms with Crippen LogP contribution in [-0.4, -0.2) is 16.1 Å². The van der Waals surface area contributed by atoms with Crippen LogP contribution < -0.4 is 0 Å². The molecule has 0 saturated heterocycles. The first-order valence-electron chi connectivity index (χ1n) is 5.84. The number of nitrogens with zero attached hydrogens (tertiary/aromatic N) is 1. The second kappa shape index (κ2) is 7.72. The van der Waals surface area contributed by atoms with Gasteiger partial charge >= 0.3 is 0 Å². The molecular weight excluding hydrogens is 302 g/mol. The van der Waals surface area contributed by atoms with Gasteiger partial charge in [0.1, 0.15) is 4.34 Å². The summed E-state index contributed by atoms with van der Waals surface area (Å²) in [6.45, 7) is 4.56. The summed E-state index contributed by atoms with van der Waals surface area (Å²) in [4.78, 5) is 4.34. The van der Waals surface area contributed by atoms with Crippen LogP contribution in [0.4, 0.5) is 0 Å². The van der Waals surface area contributed by atoms with Crippen molar-refractivity contribution in [3.05, 3.63) is 11.6 Å². The normalized spacial score (nSPS) is 11.9. The van der Waals surface area contributed by atoms with Crippen LogP contribution in [0.5, 0.6) is 0 Å². The lowest BCUT2D eigenvalue weighted by Crippen LogP contribution is -2.25. The summed E-state index contributed by atoms with van der Waals surface area (Å²) < 4.78 is 1.21. The molecule has 4 heteroatoms. The number of aromatic nitrogens is 1. The summed E-state index contributed by atoms with van der Waals surface area (Å²) in [5, 5.41) is 3.16. The van der Waals surface area contributed by atoms with Crippen LogP contribution in [0, 0.1) is 5.41 Å². The molecule has 0 aliphatic rings. The van der Waals surface area contributed by atoms with E-state index in [-0.39, 0.29) is 0 Å². The molecule has 0 fully saturated rings. The highest BCUT2D eigenvalue weighted by Gasteiger charge is 2.27. The maximum absolute atomic E-state index is 4.34. The van der Waals surface area contributed by atoms with E-state index in [4.69, 9.17) is 0 Å². The molecular formula is C12H20BrNS2. The van der Waals surface area contributed by atoms with E-state index in [1.165, 1.54) is 35.8 Å². The first-order valence-corrected chi connectivity index (χ1v) is 8.83. The van der Waals surface area contributed by atoms with Crippen LogP contribution in [0.15, 0.2) is 15.9 Å². The molecule has 0 atom stereocenters. The van der Waals surface area contributed by atoms with Gasteiger partial charge in [0.15, 0.2) is 0 Å². The van der Waals surface area contributed by atoms with Crippen LogP contribution in [0.3, 0.4) is 0 Å². The molecule has 0 radical (unpaired) electrons. The lowest BCUT2D eigenvalue weighted by atomic mass is 9.83. The number of thioether (sulfide) groups is 1. The Morgan fingerprint density at radius 3 is 2.50 bits per heavy atom. The van der Waals surface area contributed by atoms with Crippen molar-refractivity contribution in [1.29, 1.82) is 0 Å². The highest BCUT2D eigenvalue weighted by Crippen LogP contribution is 2.38. The molecule has 1 nitrogen and oxygen atoms in total. The van der Waals surface area contributed by atoms with E-state index in [2.05, 4.69) is 40.1 Å². The van der Waals surface area contributed by atoms with Crippen LogP contribution in [0.2, 0.25) is 0 Å². The Morgan fingerprint density at radius 1 is 1.38 bits per heavy atom. The summed E-state index contributed by atoms with van der Waals surface area (Å²) in [5.41, 5.74) is 0.458. The smallest absolute Gasteiger partial charge is 0.149 e. The van der Waals surface area contributed by atoms with Crippen molar-refractivity contribution in [2.75, 3.05) is 11.1 Å². The van der Waals surface area contributed by atoms with Crippen LogP contribution in [0.25, 0.3) is 0 Å². The quantitative estimate of drug-likeness (QED) is 0.481. The van der Waals surface area contributed by atoms with E-state index in [0.717, 1.165) is 5.33 Å². The van der Waals surface area contributed by atoms with Crippen molar-refractivity contribution in [2.24, 2.45) is 5.41 Å². The van der Waals surface area contributed by atoms with Gasteiger partial charge in [0.25, 0.3) is 0 Å². The van der Waals surface area contributed by atoms with Crippen LogP contribution >= 0.6 is 39.0 Å². The fraction of sp³-hybridized carbons (Fsp3) is 0.750. The number of hydrogen-bond acceptors (Lipinski definition) is 3. The largest absolute Gasteiger partial charge is 0.238 e. The molecule has 0 aliphatic heterocycles. The topological polar surface area (TPSA) is 12.9 Å². The van der Waals surface area contributed by atoms with E-state index >= 15 is 0 Å². The third-order valence-corrected chi connectivity index (χ3v) is 6.26. The average molecular weight is 322 g/mol. The molecule has 92 valence electrons. The van der Waals surface area contributed by atoms with Gasteiger partial charge in [-0.3, -0.25) is 0 Å². The second-order valence-corrected chi connectivity index (χ2v) is 6.90. The van der Waals surface area contributed by atoms with Crippen LogP contribution in [0.1, 0.15) is 39.5 Å². The summed E-state index contributed by atoms with van der Waals surface area (Å²) in [6, 6.07) is 0. The Hall–Kier alpha value is 0.460. The van der Waals surface area contributed by atoms with Crippen molar-refractivity contribution >= 4 is 39.0 Å². The van der Waals surface area contributed by atoms with Gasteiger partial charge in [-0.15, -0.1) is 11.3 Å². The summed E-state index contributed by atoms with van der Waals surface area (Å²) in [5.74, 6) is 1.19. The van der Waals surface area contributed by atoms with E-state index in [9.17, 15) is 0 Å². The molecule has 16 heavy (non-hydrogen) atoms. The number of hydrogen-bond donors (Lipinski definition) is 0. The van der Waals surface area contributed by atoms with Crippen molar-refractivity contribution in [3.63, 3.8) is 0 Å². The first-order chi connectivity index (χ1) is 7.76. The molecule has 0 N–H and O–H groups in total. The van der Waals surface area contributed by atoms with Gasteiger partial charge in [-0.05, 0) is 18.3 Å². The summed E-state index contributed by atoms with van der Waals surface area (Å²) in [6.07, 6.45) is 7.05. The minimum absolute atomic E-state index is 0.458. The van der Waals surface area contributed by atoms with Crippen LogP contribution in [-0.2, 0) is 0 Å². The maximum atomic E-state index is 4.34. The monoisotopic (exact) mass is 321 g/mol. The highest BCUT2D eigenvalue weighted by molar-refractivity contribution is 9.09. The molecule has 0 bridgehead atoms. The molecule has 0 aromatic carbocycles. The zero-order chi connectivity index (χ0) is 11.9. The standard InChI is InChI=1S/C12H20BrNS2/c1-3-5-12(9-13,6-4-2)10-16-11-14-7-8-15-11/h7-8H,3-6,9-10H2,1-2H3. The molecule has 1 aromatic heterocycles. The Bertz CT molecular complexity index is 269. The van der Waals surface area contributed by atoms with E-state index in [0.29, 0.717) is 5.41 Å². The molecule has 1 rings (SSSR count). The second-order valence-electron chi connectivity index (χ2n) is 4.22. The minimum Gasteiger partial charge on any atom is -0.238 e. The van der Waals surface area contributed by atoms with Gasteiger partial charge in [-0.25, -0.2) is 4.98 Å². The van der Waals surface area contributed by atoms with Gasteiger partial charge < -0.3 is 0 Å². The lowest BCUT2D eigenvalue weighted by Gasteiger charge is -2.30. The number of rotatable bonds is 8. The van der Waals surface area contributed by atoms with Gasteiger partial charge in [0.05, 0.1) is 0 Å². The number of halogens is 1. The molecule has 0 saturated carbocycles. The Morgan fingerprint density at radius 2 is 2.06 bits per heavy atom. The van der Waals surface area contributed by atoms with Crippen molar-refractivity contribution in [2.45, 2.75) is 43.9 Å². The number of thiazole rings is 1. The Labute approximate surface area is 116 Å². The molecule has 0 aliphatic carbocycles. The SMILES string of the molecule is CCCC(CBr)(CCC)CSc1nccs1. The van der Waals surface area contributed by atoms with Gasteiger partial charge in [0, 0.05) is 22.7 Å². The number of alkyl halides is 1. The summed E-state index contributed by atoms with van der Waals surface area (Å²) >= 11 is 7.37. The van der Waals surface area contributed by atoms with Gasteiger partial charge in [0.2, 0.25) is 0 Å². The highest BCUT2D eigenvalue weighted by atomic mass is 79.9. The zero-order valence-corrected chi connectivity index (χ0v) is 13.3. The van der Waals surface area contributed by atoms with Gasteiger partial charge in [-0.1, -0.05) is 54.4 Å². The predicted octanol–water partition coefficient (Wildman–Crippen LogP) is 5.22. The molecule has 0 spiro atoms. The average Bonchev–Trinajstić information content (AvgIpc) is 2.79. The predicted molar refractivity (Wildman–Crippen MR) is 78.9 cm³/mol. The maximum Gasteiger partial charge on any atom is 0.149 e. The molecule has 1 heterocycles. The van der Waals surface area contributed by atoms with E-state index in [1.807, 2.05) is 18.0 Å². The third kappa shape index (κ3) is 4.38. The van der Waals surface area contributed by atoms with Gasteiger partial charge in [-0.2, -0.15) is 0 Å². The fourth-order valence-corrected chi connectivity index (χ4v) is 4.95. The Kier molecular flexibility index (Phi) is 7.01. The summed E-state index contributed by atoms with van der Waals surface area (Å²) in [7, 11) is 0. The van der Waals surface area contributed by atoms with E-state index < -0.39 is 0 Å². The van der Waals surface area contributed by atoms with E-state index in [1.54, 1.807) is 11.3 Å².